The molecule has 0 saturated heterocycles. The lowest BCUT2D eigenvalue weighted by molar-refractivity contribution is 0.340. The molecule has 0 radical (unpaired) electrons. The third-order valence-electron chi connectivity index (χ3n) is 2.60. The van der Waals surface area contributed by atoms with Gasteiger partial charge in [0.2, 0.25) is 0 Å². The second kappa shape index (κ2) is 6.56. The lowest BCUT2D eigenvalue weighted by Gasteiger charge is -2.10. The number of benzene rings is 2. The quantitative estimate of drug-likeness (QED) is 0.883. The first-order valence-electron chi connectivity index (χ1n) is 6.13. The van der Waals surface area contributed by atoms with Crippen LogP contribution in [0.15, 0.2) is 47.4 Å². The number of nitrogens with one attached hydrogen (secondary N) is 1. The summed E-state index contributed by atoms with van der Waals surface area (Å²) in [6, 6.07) is 10.9. The number of rotatable bonds is 5. The van der Waals surface area contributed by atoms with E-state index in [4.69, 9.17) is 27.9 Å². The fourth-order valence-electron chi connectivity index (χ4n) is 1.68. The van der Waals surface area contributed by atoms with E-state index in [2.05, 4.69) is 4.72 Å². The van der Waals surface area contributed by atoms with Crippen molar-refractivity contribution in [3.63, 3.8) is 0 Å². The van der Waals surface area contributed by atoms with Gasteiger partial charge in [-0.2, -0.15) is 0 Å². The maximum atomic E-state index is 12.3. The molecule has 0 heterocycles. The zero-order valence-corrected chi connectivity index (χ0v) is 13.5. The Balaban J connectivity index is 2.26. The van der Waals surface area contributed by atoms with Crippen molar-refractivity contribution >= 4 is 38.9 Å². The number of ether oxygens (including phenoxy) is 1. The van der Waals surface area contributed by atoms with Crippen LogP contribution in [0.3, 0.4) is 0 Å². The SMILES string of the molecule is CCOc1ccc(NS(=O)(=O)c2cc(Cl)ccc2Cl)cc1. The molecule has 21 heavy (non-hydrogen) atoms. The molecule has 1 N–H and O–H groups in total. The minimum atomic E-state index is -3.80. The van der Waals surface area contributed by atoms with E-state index >= 15 is 0 Å². The van der Waals surface area contributed by atoms with E-state index in [-0.39, 0.29) is 9.92 Å². The van der Waals surface area contributed by atoms with Crippen LogP contribution < -0.4 is 9.46 Å². The van der Waals surface area contributed by atoms with Gasteiger partial charge in [-0.05, 0) is 49.4 Å². The van der Waals surface area contributed by atoms with Crippen LogP contribution in [0.4, 0.5) is 5.69 Å². The number of hydrogen-bond acceptors (Lipinski definition) is 3. The smallest absolute Gasteiger partial charge is 0.263 e. The summed E-state index contributed by atoms with van der Waals surface area (Å²) in [4.78, 5) is -0.0643. The zero-order chi connectivity index (χ0) is 15.5. The Morgan fingerprint density at radius 1 is 1.10 bits per heavy atom. The molecular formula is C14H13Cl2NO3S. The van der Waals surface area contributed by atoms with Gasteiger partial charge in [0.1, 0.15) is 10.6 Å². The number of sulfonamides is 1. The molecule has 112 valence electrons. The fraction of sp³-hybridized carbons (Fsp3) is 0.143. The lowest BCUT2D eigenvalue weighted by Crippen LogP contribution is -2.13. The maximum Gasteiger partial charge on any atom is 0.263 e. The monoisotopic (exact) mass is 345 g/mol. The highest BCUT2D eigenvalue weighted by Gasteiger charge is 2.18. The standard InChI is InChI=1S/C14H13Cl2NO3S/c1-2-20-12-6-4-11(5-7-12)17-21(18,19)14-9-10(15)3-8-13(14)16/h3-9,17H,2H2,1H3. The Hall–Kier alpha value is -1.43. The average molecular weight is 346 g/mol. The van der Waals surface area contributed by atoms with Crippen molar-refractivity contribution in [2.75, 3.05) is 11.3 Å². The van der Waals surface area contributed by atoms with Crippen LogP contribution in [-0.4, -0.2) is 15.0 Å². The summed E-state index contributed by atoms with van der Waals surface area (Å²) in [5, 5.41) is 0.407. The molecule has 4 nitrogen and oxygen atoms in total. The van der Waals surface area contributed by atoms with Crippen LogP contribution >= 0.6 is 23.2 Å². The molecule has 2 rings (SSSR count). The van der Waals surface area contributed by atoms with E-state index < -0.39 is 10.0 Å². The Labute approximate surface area is 133 Å². The van der Waals surface area contributed by atoms with E-state index in [1.165, 1.54) is 18.2 Å². The fourth-order valence-corrected chi connectivity index (χ4v) is 3.50. The first kappa shape index (κ1) is 15.9. The number of halogens is 2. The highest BCUT2D eigenvalue weighted by molar-refractivity contribution is 7.92. The molecule has 7 heteroatoms. The molecule has 0 aliphatic carbocycles. The molecule has 0 unspecified atom stereocenters. The first-order chi connectivity index (χ1) is 9.92. The van der Waals surface area contributed by atoms with Crippen LogP contribution in [0.5, 0.6) is 5.75 Å². The summed E-state index contributed by atoms with van der Waals surface area (Å²) in [5.41, 5.74) is 0.412. The summed E-state index contributed by atoms with van der Waals surface area (Å²) < 4.78 is 32.3. The van der Waals surface area contributed by atoms with Gasteiger partial charge in [0.25, 0.3) is 10.0 Å². The van der Waals surface area contributed by atoms with Crippen molar-refractivity contribution in [1.82, 2.24) is 0 Å². The Kier molecular flexibility index (Phi) is 4.98. The predicted octanol–water partition coefficient (Wildman–Crippen LogP) is 4.19. The third-order valence-corrected chi connectivity index (χ3v) is 4.70. The predicted molar refractivity (Wildman–Crippen MR) is 84.9 cm³/mol. The summed E-state index contributed by atoms with van der Waals surface area (Å²) in [6.45, 7) is 2.42. The van der Waals surface area contributed by atoms with Gasteiger partial charge in [-0.15, -0.1) is 0 Å². The Morgan fingerprint density at radius 3 is 2.38 bits per heavy atom. The molecule has 0 bridgehead atoms. The maximum absolute atomic E-state index is 12.3. The van der Waals surface area contributed by atoms with Gasteiger partial charge in [-0.1, -0.05) is 23.2 Å². The van der Waals surface area contributed by atoms with Gasteiger partial charge in [0.15, 0.2) is 0 Å². The van der Waals surface area contributed by atoms with Crippen LogP contribution in [0.2, 0.25) is 10.0 Å². The topological polar surface area (TPSA) is 55.4 Å². The molecular weight excluding hydrogens is 333 g/mol. The van der Waals surface area contributed by atoms with E-state index in [0.717, 1.165) is 0 Å². The molecule has 0 amide bonds. The minimum absolute atomic E-state index is 0.0643. The molecule has 0 saturated carbocycles. The normalized spacial score (nSPS) is 11.2. The third kappa shape index (κ3) is 4.03. The van der Waals surface area contributed by atoms with Crippen molar-refractivity contribution < 1.29 is 13.2 Å². The van der Waals surface area contributed by atoms with Gasteiger partial charge < -0.3 is 4.74 Å². The molecule has 0 aromatic heterocycles. The molecule has 0 spiro atoms. The summed E-state index contributed by atoms with van der Waals surface area (Å²) in [7, 11) is -3.80. The summed E-state index contributed by atoms with van der Waals surface area (Å²) >= 11 is 11.7. The Morgan fingerprint density at radius 2 is 1.76 bits per heavy atom. The van der Waals surface area contributed by atoms with Gasteiger partial charge in [-0.25, -0.2) is 8.42 Å². The lowest BCUT2D eigenvalue weighted by atomic mass is 10.3. The van der Waals surface area contributed by atoms with Crippen molar-refractivity contribution in [1.29, 1.82) is 0 Å². The average Bonchev–Trinajstić information content (AvgIpc) is 2.43. The Bertz CT molecular complexity index is 730. The van der Waals surface area contributed by atoms with Crippen LogP contribution in [0.1, 0.15) is 6.92 Å². The van der Waals surface area contributed by atoms with E-state index in [9.17, 15) is 8.42 Å². The number of hydrogen-bond donors (Lipinski definition) is 1. The van der Waals surface area contributed by atoms with Crippen LogP contribution in [-0.2, 0) is 10.0 Å². The second-order valence-corrected chi connectivity index (χ2v) is 6.63. The van der Waals surface area contributed by atoms with Gasteiger partial charge in [-0.3, -0.25) is 4.72 Å². The molecule has 0 atom stereocenters. The first-order valence-corrected chi connectivity index (χ1v) is 8.37. The van der Waals surface area contributed by atoms with Crippen molar-refractivity contribution in [2.45, 2.75) is 11.8 Å². The van der Waals surface area contributed by atoms with Crippen LogP contribution in [0.25, 0.3) is 0 Å². The van der Waals surface area contributed by atoms with Gasteiger partial charge in [0, 0.05) is 10.7 Å². The van der Waals surface area contributed by atoms with Gasteiger partial charge in [0.05, 0.1) is 11.6 Å². The number of anilines is 1. The van der Waals surface area contributed by atoms with E-state index in [1.54, 1.807) is 24.3 Å². The van der Waals surface area contributed by atoms with Gasteiger partial charge >= 0.3 is 0 Å². The summed E-state index contributed by atoms with van der Waals surface area (Å²) in [5.74, 6) is 0.668. The molecule has 0 aliphatic rings. The molecule has 0 fully saturated rings. The second-order valence-electron chi connectivity index (χ2n) is 4.14. The summed E-state index contributed by atoms with van der Waals surface area (Å²) in [6.07, 6.45) is 0. The van der Waals surface area contributed by atoms with E-state index in [0.29, 0.717) is 23.1 Å². The largest absolute Gasteiger partial charge is 0.494 e. The highest BCUT2D eigenvalue weighted by Crippen LogP contribution is 2.27. The zero-order valence-electron chi connectivity index (χ0n) is 11.1. The highest BCUT2D eigenvalue weighted by atomic mass is 35.5. The molecule has 0 aliphatic heterocycles. The van der Waals surface area contributed by atoms with Crippen molar-refractivity contribution in [2.24, 2.45) is 0 Å². The van der Waals surface area contributed by atoms with Crippen LogP contribution in [0, 0.1) is 0 Å². The van der Waals surface area contributed by atoms with E-state index in [1.807, 2.05) is 6.92 Å². The van der Waals surface area contributed by atoms with Crippen molar-refractivity contribution in [3.8, 4) is 5.75 Å². The van der Waals surface area contributed by atoms with Crippen molar-refractivity contribution in [3.05, 3.63) is 52.5 Å². The minimum Gasteiger partial charge on any atom is -0.494 e. The molecule has 2 aromatic carbocycles. The molecule has 2 aromatic rings.